The van der Waals surface area contributed by atoms with E-state index in [0.29, 0.717) is 5.56 Å². The third-order valence-electron chi connectivity index (χ3n) is 2.07. The van der Waals surface area contributed by atoms with Gasteiger partial charge in [-0.1, -0.05) is 32.9 Å². The van der Waals surface area contributed by atoms with Gasteiger partial charge in [-0.3, -0.25) is 0 Å². The number of aromatic hydroxyl groups is 1. The Morgan fingerprint density at radius 2 is 1.80 bits per heavy atom. The van der Waals surface area contributed by atoms with Crippen LogP contribution in [0.4, 0.5) is 0 Å². The molecule has 1 aromatic rings. The lowest BCUT2D eigenvalue weighted by atomic mass is 9.85. The molecule has 0 saturated carbocycles. The molecular weight excluding hydrogens is 260 g/mol. The number of hydrogen-bond donors (Lipinski definition) is 2. The highest BCUT2D eigenvalue weighted by molar-refractivity contribution is 8.93. The van der Waals surface area contributed by atoms with Crippen molar-refractivity contribution < 1.29 is 15.0 Å². The van der Waals surface area contributed by atoms with Crippen molar-refractivity contribution in [1.82, 2.24) is 0 Å². The van der Waals surface area contributed by atoms with Crippen LogP contribution in [-0.2, 0) is 5.41 Å². The lowest BCUT2D eigenvalue weighted by molar-refractivity contribution is 0.0693. The number of hydrogen-bond acceptors (Lipinski definition) is 2. The first-order valence-corrected chi connectivity index (χ1v) is 4.40. The highest BCUT2D eigenvalue weighted by atomic mass is 79.9. The Morgan fingerprint density at radius 3 is 2.20 bits per heavy atom. The summed E-state index contributed by atoms with van der Waals surface area (Å²) in [4.78, 5) is 10.7. The van der Waals surface area contributed by atoms with E-state index in [4.69, 9.17) is 5.11 Å². The van der Waals surface area contributed by atoms with Crippen molar-refractivity contribution in [3.8, 4) is 5.75 Å². The van der Waals surface area contributed by atoms with Crippen LogP contribution in [0.2, 0.25) is 0 Å². The average Bonchev–Trinajstić information content (AvgIpc) is 2.01. The van der Waals surface area contributed by atoms with Crippen molar-refractivity contribution in [2.45, 2.75) is 26.2 Å². The smallest absolute Gasteiger partial charge is 0.339 e. The molecule has 0 aliphatic heterocycles. The van der Waals surface area contributed by atoms with E-state index in [0.717, 1.165) is 0 Å². The summed E-state index contributed by atoms with van der Waals surface area (Å²) >= 11 is 0. The second kappa shape index (κ2) is 4.66. The van der Waals surface area contributed by atoms with Crippen molar-refractivity contribution in [3.05, 3.63) is 29.3 Å². The lowest BCUT2D eigenvalue weighted by Crippen LogP contribution is -2.12. The minimum Gasteiger partial charge on any atom is -0.507 e. The number of carboxylic acids is 1. The number of carboxylic acid groups (broad SMARTS) is 1. The summed E-state index contributed by atoms with van der Waals surface area (Å²) in [5.41, 5.74) is 0.352. The maximum atomic E-state index is 10.7. The monoisotopic (exact) mass is 274 g/mol. The summed E-state index contributed by atoms with van der Waals surface area (Å²) in [7, 11) is 0. The molecule has 0 bridgehead atoms. The molecule has 0 unspecified atom stereocenters. The fraction of sp³-hybridized carbons (Fsp3) is 0.364. The van der Waals surface area contributed by atoms with Gasteiger partial charge in [0.05, 0.1) is 0 Å². The molecule has 2 N–H and O–H groups in total. The fourth-order valence-electron chi connectivity index (χ4n) is 1.32. The maximum absolute atomic E-state index is 10.7. The summed E-state index contributed by atoms with van der Waals surface area (Å²) in [6.45, 7) is 5.77. The van der Waals surface area contributed by atoms with Gasteiger partial charge < -0.3 is 10.2 Å². The first kappa shape index (κ1) is 14.0. The van der Waals surface area contributed by atoms with Crippen LogP contribution >= 0.6 is 17.0 Å². The van der Waals surface area contributed by atoms with Gasteiger partial charge in [0.15, 0.2) is 0 Å². The molecule has 0 heterocycles. The van der Waals surface area contributed by atoms with Gasteiger partial charge in [0.2, 0.25) is 0 Å². The summed E-state index contributed by atoms with van der Waals surface area (Å²) < 4.78 is 0. The van der Waals surface area contributed by atoms with Gasteiger partial charge in [-0.15, -0.1) is 17.0 Å². The van der Waals surface area contributed by atoms with Crippen molar-refractivity contribution in [2.24, 2.45) is 0 Å². The first-order valence-electron chi connectivity index (χ1n) is 4.40. The molecule has 1 rings (SSSR count). The maximum Gasteiger partial charge on any atom is 0.339 e. The van der Waals surface area contributed by atoms with E-state index in [9.17, 15) is 9.90 Å². The van der Waals surface area contributed by atoms with E-state index in [2.05, 4.69) is 0 Å². The van der Waals surface area contributed by atoms with E-state index in [-0.39, 0.29) is 33.7 Å². The summed E-state index contributed by atoms with van der Waals surface area (Å²) in [6.07, 6.45) is 0. The molecule has 3 nitrogen and oxygen atoms in total. The second-order valence-electron chi connectivity index (χ2n) is 4.26. The molecule has 0 fully saturated rings. The molecule has 1 aromatic carbocycles. The zero-order valence-corrected chi connectivity index (χ0v) is 10.7. The van der Waals surface area contributed by atoms with Crippen molar-refractivity contribution in [3.63, 3.8) is 0 Å². The van der Waals surface area contributed by atoms with Gasteiger partial charge >= 0.3 is 5.97 Å². The Bertz CT molecular complexity index is 367. The van der Waals surface area contributed by atoms with Gasteiger partial charge in [-0.25, -0.2) is 4.79 Å². The molecule has 0 saturated heterocycles. The molecule has 0 aliphatic rings. The SMILES string of the molecule is Br.CC(C)(C)c1cccc(C(=O)O)c1O. The standard InChI is InChI=1S/C11H14O3.BrH/c1-11(2,3)8-6-4-5-7(9(8)12)10(13)14;/h4-6,12H,1-3H3,(H,13,14);1H. The van der Waals surface area contributed by atoms with E-state index in [1.807, 2.05) is 20.8 Å². The number of phenols is 1. The van der Waals surface area contributed by atoms with Crippen LogP contribution in [0.1, 0.15) is 36.7 Å². The van der Waals surface area contributed by atoms with E-state index >= 15 is 0 Å². The number of carbonyl (C=O) groups is 1. The number of aromatic carboxylic acids is 1. The van der Waals surface area contributed by atoms with Crippen LogP contribution in [0, 0.1) is 0 Å². The zero-order valence-electron chi connectivity index (χ0n) is 8.94. The highest BCUT2D eigenvalue weighted by Gasteiger charge is 2.21. The number of rotatable bonds is 1. The fourth-order valence-corrected chi connectivity index (χ4v) is 1.32. The molecule has 0 spiro atoms. The Morgan fingerprint density at radius 1 is 1.27 bits per heavy atom. The Labute approximate surface area is 99.5 Å². The van der Waals surface area contributed by atoms with Crippen LogP contribution < -0.4 is 0 Å². The highest BCUT2D eigenvalue weighted by Crippen LogP contribution is 2.32. The van der Waals surface area contributed by atoms with Crippen LogP contribution in [0.15, 0.2) is 18.2 Å². The van der Waals surface area contributed by atoms with Gasteiger partial charge in [-0.05, 0) is 11.5 Å². The Kier molecular flexibility index (Phi) is 4.34. The topological polar surface area (TPSA) is 57.5 Å². The minimum atomic E-state index is -1.10. The van der Waals surface area contributed by atoms with E-state index in [1.165, 1.54) is 6.07 Å². The van der Waals surface area contributed by atoms with Gasteiger partial charge in [0.1, 0.15) is 11.3 Å². The van der Waals surface area contributed by atoms with Crippen molar-refractivity contribution >= 4 is 23.0 Å². The largest absolute Gasteiger partial charge is 0.507 e. The molecular formula is C11H15BrO3. The first-order chi connectivity index (χ1) is 6.34. The molecule has 0 aromatic heterocycles. The number of halogens is 1. The summed E-state index contributed by atoms with van der Waals surface area (Å²) in [5, 5.41) is 18.5. The Hall–Kier alpha value is -1.03. The van der Waals surface area contributed by atoms with Crippen LogP contribution in [0.3, 0.4) is 0 Å². The molecule has 0 radical (unpaired) electrons. The van der Waals surface area contributed by atoms with Gasteiger partial charge in [-0.2, -0.15) is 0 Å². The predicted molar refractivity (Wildman–Crippen MR) is 64.1 cm³/mol. The normalized spacial score (nSPS) is 10.6. The third kappa shape index (κ3) is 2.96. The number of benzene rings is 1. The zero-order chi connectivity index (χ0) is 10.9. The lowest BCUT2D eigenvalue weighted by Gasteiger charge is -2.20. The summed E-state index contributed by atoms with van der Waals surface area (Å²) in [6, 6.07) is 4.78. The Balaban J connectivity index is 0.00000196. The van der Waals surface area contributed by atoms with Gasteiger partial charge in [0.25, 0.3) is 0 Å². The quantitative estimate of drug-likeness (QED) is 0.828. The second-order valence-corrected chi connectivity index (χ2v) is 4.26. The van der Waals surface area contributed by atoms with Crippen LogP contribution in [0.5, 0.6) is 5.75 Å². The van der Waals surface area contributed by atoms with Crippen molar-refractivity contribution in [2.75, 3.05) is 0 Å². The molecule has 15 heavy (non-hydrogen) atoms. The van der Waals surface area contributed by atoms with E-state index in [1.54, 1.807) is 12.1 Å². The third-order valence-corrected chi connectivity index (χ3v) is 2.07. The number of para-hydroxylation sites is 1. The van der Waals surface area contributed by atoms with E-state index < -0.39 is 5.97 Å². The van der Waals surface area contributed by atoms with Crippen LogP contribution in [0.25, 0.3) is 0 Å². The minimum absolute atomic E-state index is 0. The molecule has 4 heteroatoms. The molecule has 84 valence electrons. The predicted octanol–water partition coefficient (Wildman–Crippen LogP) is 2.97. The molecule has 0 amide bonds. The molecule has 0 atom stereocenters. The summed E-state index contributed by atoms with van der Waals surface area (Å²) in [5.74, 6) is -1.24. The van der Waals surface area contributed by atoms with Crippen LogP contribution in [-0.4, -0.2) is 16.2 Å². The van der Waals surface area contributed by atoms with Crippen molar-refractivity contribution in [1.29, 1.82) is 0 Å². The average molecular weight is 275 g/mol. The molecule has 0 aliphatic carbocycles. The van der Waals surface area contributed by atoms with Gasteiger partial charge in [0, 0.05) is 5.56 Å².